The Morgan fingerprint density at radius 1 is 1.00 bits per heavy atom. The van der Waals surface area contributed by atoms with Crippen LogP contribution in [0.4, 0.5) is 30.7 Å². The molecule has 2 aliphatic rings. The average molecular weight is 360 g/mol. The number of halogens is 7. The van der Waals surface area contributed by atoms with Crippen molar-refractivity contribution in [2.45, 2.75) is 30.7 Å². The summed E-state index contributed by atoms with van der Waals surface area (Å²) in [7, 11) is 0. The van der Waals surface area contributed by atoms with Gasteiger partial charge >= 0.3 is 11.8 Å². The van der Waals surface area contributed by atoms with E-state index in [1.807, 2.05) is 0 Å². The summed E-state index contributed by atoms with van der Waals surface area (Å²) in [4.78, 5) is -0.393. The van der Waals surface area contributed by atoms with Crippen molar-refractivity contribution >= 4 is 11.3 Å². The summed E-state index contributed by atoms with van der Waals surface area (Å²) in [6.45, 7) is 1.11. The molecule has 3 rings (SSSR count). The topological polar surface area (TPSA) is 18.5 Å². The van der Waals surface area contributed by atoms with Crippen LogP contribution in [0.1, 0.15) is 22.3 Å². The van der Waals surface area contributed by atoms with Crippen LogP contribution >= 0.6 is 11.3 Å². The Balaban J connectivity index is 2.24. The Hall–Kier alpha value is -1.71. The fourth-order valence-electron chi connectivity index (χ4n) is 2.49. The number of hydrogen-bond acceptors (Lipinski definition) is 3. The maximum absolute atomic E-state index is 14.9. The van der Waals surface area contributed by atoms with Gasteiger partial charge in [0, 0.05) is 5.56 Å². The van der Waals surface area contributed by atoms with Gasteiger partial charge in [-0.05, 0) is 17.9 Å². The summed E-state index contributed by atoms with van der Waals surface area (Å²) in [6, 6.07) is 0. The van der Waals surface area contributed by atoms with Gasteiger partial charge in [0.15, 0.2) is 5.83 Å². The third-order valence-corrected chi connectivity index (χ3v) is 4.74. The Morgan fingerprint density at radius 2 is 1.57 bits per heavy atom. The highest BCUT2D eigenvalue weighted by Crippen LogP contribution is 2.65. The van der Waals surface area contributed by atoms with Crippen LogP contribution in [0.15, 0.2) is 29.6 Å². The molecule has 2 heterocycles. The maximum Gasteiger partial charge on any atom is 0.367 e. The average Bonchev–Trinajstić information content (AvgIpc) is 3.14. The van der Waals surface area contributed by atoms with Crippen LogP contribution in [0.5, 0.6) is 0 Å². The van der Waals surface area contributed by atoms with E-state index in [9.17, 15) is 30.7 Å². The first-order valence-corrected chi connectivity index (χ1v) is 7.00. The number of allylic oxidation sites excluding steroid dienone is 2. The summed E-state index contributed by atoms with van der Waals surface area (Å²) < 4.78 is 106. The molecule has 1 aromatic heterocycles. The number of hydrogen-bond donors (Lipinski definition) is 0. The van der Waals surface area contributed by atoms with E-state index in [1.165, 1.54) is 0 Å². The molecular weight excluding hydrogens is 353 g/mol. The number of alkyl halides is 5. The largest absolute Gasteiger partial charge is 0.454 e. The van der Waals surface area contributed by atoms with Crippen LogP contribution in [-0.2, 0) is 15.1 Å². The van der Waals surface area contributed by atoms with Gasteiger partial charge in [0.05, 0.1) is 4.88 Å². The van der Waals surface area contributed by atoms with E-state index < -0.39 is 45.9 Å². The molecule has 0 spiro atoms. The SMILES string of the molecule is Cc1csc(C2OC=CO2)c1C1(F)C(F)=C(F)C(F)(F)C1(F)F. The summed E-state index contributed by atoms with van der Waals surface area (Å²) in [5.41, 5.74) is -6.03. The standard InChI is InChI=1S/C13H7F7O2S/c1-5-4-23-7(10-21-2-3-22-10)6(5)11(16)8(14)9(15)12(17,18)13(11,19)20/h2-4,10H,1H3. The lowest BCUT2D eigenvalue weighted by atomic mass is 9.87. The van der Waals surface area contributed by atoms with Crippen LogP contribution < -0.4 is 0 Å². The number of ether oxygens (including phenoxy) is 2. The molecule has 0 aromatic carbocycles. The molecule has 0 bridgehead atoms. The molecule has 1 aliphatic carbocycles. The van der Waals surface area contributed by atoms with Crippen LogP contribution in [0.2, 0.25) is 0 Å². The zero-order valence-corrected chi connectivity index (χ0v) is 12.0. The highest BCUT2D eigenvalue weighted by Gasteiger charge is 2.82. The van der Waals surface area contributed by atoms with Gasteiger partial charge < -0.3 is 9.47 Å². The molecule has 23 heavy (non-hydrogen) atoms. The lowest BCUT2D eigenvalue weighted by Crippen LogP contribution is -2.50. The molecule has 10 heteroatoms. The quantitative estimate of drug-likeness (QED) is 0.677. The van der Waals surface area contributed by atoms with E-state index in [-0.39, 0.29) is 5.56 Å². The minimum Gasteiger partial charge on any atom is -0.454 e. The second-order valence-corrected chi connectivity index (χ2v) is 5.88. The van der Waals surface area contributed by atoms with Crippen molar-refractivity contribution in [3.05, 3.63) is 45.6 Å². The second kappa shape index (κ2) is 4.65. The van der Waals surface area contributed by atoms with Crippen molar-refractivity contribution < 1.29 is 40.2 Å². The smallest absolute Gasteiger partial charge is 0.367 e. The zero-order valence-electron chi connectivity index (χ0n) is 11.2. The molecular formula is C13H7F7O2S. The predicted molar refractivity (Wildman–Crippen MR) is 65.0 cm³/mol. The fraction of sp³-hybridized carbons (Fsp3) is 0.385. The maximum atomic E-state index is 14.9. The zero-order chi connectivity index (χ0) is 17.2. The molecule has 0 saturated carbocycles. The minimum absolute atomic E-state index is 0.257. The minimum atomic E-state index is -5.65. The van der Waals surface area contributed by atoms with Crippen LogP contribution in [0, 0.1) is 6.92 Å². The molecule has 0 saturated heterocycles. The molecule has 1 atom stereocenters. The van der Waals surface area contributed by atoms with Crippen molar-refractivity contribution in [2.75, 3.05) is 0 Å². The second-order valence-electron chi connectivity index (χ2n) is 4.97. The molecule has 126 valence electrons. The van der Waals surface area contributed by atoms with Gasteiger partial charge in [0.25, 0.3) is 12.0 Å². The number of aryl methyl sites for hydroxylation is 1. The van der Waals surface area contributed by atoms with Crippen LogP contribution in [0.25, 0.3) is 0 Å². The lowest BCUT2D eigenvalue weighted by molar-refractivity contribution is -0.239. The summed E-state index contributed by atoms with van der Waals surface area (Å²) >= 11 is 0.643. The van der Waals surface area contributed by atoms with Gasteiger partial charge in [-0.3, -0.25) is 0 Å². The molecule has 0 radical (unpaired) electrons. The fourth-order valence-corrected chi connectivity index (χ4v) is 3.55. The van der Waals surface area contributed by atoms with Crippen molar-refractivity contribution in [3.63, 3.8) is 0 Å². The summed E-state index contributed by atoms with van der Waals surface area (Å²) in [5.74, 6) is -17.2. The van der Waals surface area contributed by atoms with Crippen LogP contribution in [-0.4, -0.2) is 11.8 Å². The summed E-state index contributed by atoms with van der Waals surface area (Å²) in [6.07, 6.45) is 0.628. The molecule has 0 fully saturated rings. The number of thiophene rings is 1. The third kappa shape index (κ3) is 1.75. The van der Waals surface area contributed by atoms with E-state index in [0.717, 1.165) is 24.8 Å². The van der Waals surface area contributed by atoms with Crippen LogP contribution in [0.3, 0.4) is 0 Å². The van der Waals surface area contributed by atoms with E-state index in [1.54, 1.807) is 0 Å². The van der Waals surface area contributed by atoms with E-state index >= 15 is 0 Å². The number of rotatable bonds is 2. The van der Waals surface area contributed by atoms with Crippen molar-refractivity contribution in [1.29, 1.82) is 0 Å². The lowest BCUT2D eigenvalue weighted by Gasteiger charge is -2.31. The Bertz CT molecular complexity index is 716. The Labute approximate surface area is 128 Å². The van der Waals surface area contributed by atoms with Gasteiger partial charge in [-0.25, -0.2) is 13.2 Å². The molecule has 0 amide bonds. The predicted octanol–water partition coefficient (Wildman–Crippen LogP) is 5.17. The first-order chi connectivity index (χ1) is 10.6. The van der Waals surface area contributed by atoms with Gasteiger partial charge in [0.1, 0.15) is 12.5 Å². The molecule has 1 unspecified atom stereocenters. The first kappa shape index (κ1) is 16.2. The van der Waals surface area contributed by atoms with Gasteiger partial charge in [-0.2, -0.15) is 17.6 Å². The van der Waals surface area contributed by atoms with Gasteiger partial charge in [-0.1, -0.05) is 0 Å². The Morgan fingerprint density at radius 3 is 2.04 bits per heavy atom. The first-order valence-electron chi connectivity index (χ1n) is 6.12. The van der Waals surface area contributed by atoms with Crippen molar-refractivity contribution in [3.8, 4) is 0 Å². The highest BCUT2D eigenvalue weighted by molar-refractivity contribution is 7.10. The molecule has 0 N–H and O–H groups in total. The van der Waals surface area contributed by atoms with E-state index in [2.05, 4.69) is 0 Å². The van der Waals surface area contributed by atoms with Crippen molar-refractivity contribution in [2.24, 2.45) is 0 Å². The van der Waals surface area contributed by atoms with E-state index in [4.69, 9.17) is 9.47 Å². The molecule has 1 aromatic rings. The summed E-state index contributed by atoms with van der Waals surface area (Å²) in [5, 5.41) is 1.13. The Kier molecular flexibility index (Phi) is 3.27. The van der Waals surface area contributed by atoms with Gasteiger partial charge in [0.2, 0.25) is 5.83 Å². The molecule has 1 aliphatic heterocycles. The van der Waals surface area contributed by atoms with Crippen molar-refractivity contribution in [1.82, 2.24) is 0 Å². The highest BCUT2D eigenvalue weighted by atomic mass is 32.1. The van der Waals surface area contributed by atoms with E-state index in [0.29, 0.717) is 11.3 Å². The van der Waals surface area contributed by atoms with Gasteiger partial charge in [-0.15, -0.1) is 11.3 Å². The molecule has 2 nitrogen and oxygen atoms in total. The monoisotopic (exact) mass is 360 g/mol. The third-order valence-electron chi connectivity index (χ3n) is 3.62. The normalized spacial score (nSPS) is 29.0.